The SMILES string of the molecule is CC[C@H]1CN2CC[C@H]1C[C@H]2[C@H](O)c1ccnc2cc(OC)c(OC)cc12. The van der Waals surface area contributed by atoms with Crippen molar-refractivity contribution in [3.63, 3.8) is 0 Å². The minimum absolute atomic E-state index is 0.190. The van der Waals surface area contributed by atoms with Crippen LogP contribution in [-0.2, 0) is 0 Å². The monoisotopic (exact) mass is 356 g/mol. The average molecular weight is 356 g/mol. The Hall–Kier alpha value is -1.85. The summed E-state index contributed by atoms with van der Waals surface area (Å²) >= 11 is 0. The van der Waals surface area contributed by atoms with Crippen LogP contribution in [0.25, 0.3) is 10.9 Å². The maximum absolute atomic E-state index is 11.3. The predicted molar refractivity (Wildman–Crippen MR) is 102 cm³/mol. The van der Waals surface area contributed by atoms with Crippen molar-refractivity contribution < 1.29 is 14.6 Å². The number of benzene rings is 1. The smallest absolute Gasteiger partial charge is 0.162 e. The number of nitrogens with zero attached hydrogens (tertiary/aromatic N) is 2. The number of hydrogen-bond donors (Lipinski definition) is 1. The second kappa shape index (κ2) is 7.05. The fourth-order valence-corrected chi connectivity index (χ4v) is 4.93. The Morgan fingerprint density at radius 2 is 2.04 bits per heavy atom. The van der Waals surface area contributed by atoms with E-state index in [1.807, 2.05) is 18.2 Å². The zero-order valence-corrected chi connectivity index (χ0v) is 15.8. The third-order valence-corrected chi connectivity index (χ3v) is 6.42. The Morgan fingerprint density at radius 3 is 2.69 bits per heavy atom. The summed E-state index contributed by atoms with van der Waals surface area (Å²) in [6, 6.07) is 5.95. The molecule has 5 atom stereocenters. The highest BCUT2D eigenvalue weighted by Gasteiger charge is 2.42. The van der Waals surface area contributed by atoms with Gasteiger partial charge in [-0.15, -0.1) is 0 Å². The molecular formula is C21H28N2O3. The normalized spacial score (nSPS) is 28.9. The van der Waals surface area contributed by atoms with E-state index in [2.05, 4.69) is 16.8 Å². The van der Waals surface area contributed by atoms with Crippen LogP contribution in [0, 0.1) is 11.8 Å². The Labute approximate surface area is 154 Å². The van der Waals surface area contributed by atoms with Crippen LogP contribution in [0.2, 0.25) is 0 Å². The Balaban J connectivity index is 1.70. The van der Waals surface area contributed by atoms with Crippen LogP contribution in [-0.4, -0.2) is 48.3 Å². The van der Waals surface area contributed by atoms with E-state index in [1.165, 1.54) is 12.8 Å². The molecular weight excluding hydrogens is 328 g/mol. The highest BCUT2D eigenvalue weighted by molar-refractivity contribution is 5.86. The molecule has 3 saturated heterocycles. The van der Waals surface area contributed by atoms with Crippen LogP contribution in [0.15, 0.2) is 24.4 Å². The number of aromatic nitrogens is 1. The van der Waals surface area contributed by atoms with Gasteiger partial charge in [-0.3, -0.25) is 9.88 Å². The van der Waals surface area contributed by atoms with Gasteiger partial charge in [-0.25, -0.2) is 0 Å². The minimum Gasteiger partial charge on any atom is -0.493 e. The molecule has 2 bridgehead atoms. The number of hydrogen-bond acceptors (Lipinski definition) is 5. The topological polar surface area (TPSA) is 54.8 Å². The number of piperidine rings is 3. The molecule has 2 aromatic rings. The van der Waals surface area contributed by atoms with Crippen molar-refractivity contribution in [1.82, 2.24) is 9.88 Å². The van der Waals surface area contributed by atoms with Gasteiger partial charge >= 0.3 is 0 Å². The third kappa shape index (κ3) is 2.83. The molecule has 5 heteroatoms. The van der Waals surface area contributed by atoms with Gasteiger partial charge in [0.15, 0.2) is 11.5 Å². The Bertz CT molecular complexity index is 794. The standard InChI is InChI=1S/C21H28N2O3/c1-4-13-12-23-8-6-14(13)9-18(23)21(24)15-5-7-22-17-11-20(26-3)19(25-2)10-16(15)17/h5,7,10-11,13-14,18,21,24H,4,6,8-9,12H2,1-3H3/t13-,14-,18-,21+/m0/s1. The summed E-state index contributed by atoms with van der Waals surface area (Å²) in [6.45, 7) is 4.50. The number of rotatable bonds is 5. The van der Waals surface area contributed by atoms with Crippen molar-refractivity contribution >= 4 is 10.9 Å². The lowest BCUT2D eigenvalue weighted by molar-refractivity contribution is -0.0562. The fourth-order valence-electron chi connectivity index (χ4n) is 4.93. The first-order valence-corrected chi connectivity index (χ1v) is 9.59. The summed E-state index contributed by atoms with van der Waals surface area (Å²) in [5.41, 5.74) is 1.75. The van der Waals surface area contributed by atoms with Gasteiger partial charge in [-0.1, -0.05) is 13.3 Å². The molecule has 26 heavy (non-hydrogen) atoms. The van der Waals surface area contributed by atoms with E-state index in [0.29, 0.717) is 11.5 Å². The van der Waals surface area contributed by atoms with E-state index in [4.69, 9.17) is 9.47 Å². The van der Waals surface area contributed by atoms with E-state index in [-0.39, 0.29) is 6.04 Å². The molecule has 1 aromatic heterocycles. The quantitative estimate of drug-likeness (QED) is 0.890. The van der Waals surface area contributed by atoms with Gasteiger partial charge in [0.1, 0.15) is 0 Å². The van der Waals surface area contributed by atoms with Crippen LogP contribution in [0.4, 0.5) is 0 Å². The molecule has 0 saturated carbocycles. The molecule has 0 radical (unpaired) electrons. The van der Waals surface area contributed by atoms with Crippen LogP contribution in [0.1, 0.15) is 37.9 Å². The summed E-state index contributed by atoms with van der Waals surface area (Å²) in [6.07, 6.45) is 4.84. The molecule has 1 unspecified atom stereocenters. The minimum atomic E-state index is -0.515. The first-order valence-electron chi connectivity index (χ1n) is 9.59. The molecule has 0 aliphatic carbocycles. The predicted octanol–water partition coefficient (Wildman–Crippen LogP) is 3.41. The average Bonchev–Trinajstić information content (AvgIpc) is 2.71. The van der Waals surface area contributed by atoms with E-state index in [9.17, 15) is 5.11 Å². The summed E-state index contributed by atoms with van der Waals surface area (Å²) in [4.78, 5) is 6.96. The zero-order valence-electron chi connectivity index (χ0n) is 15.8. The first kappa shape index (κ1) is 17.6. The number of methoxy groups -OCH3 is 2. The third-order valence-electron chi connectivity index (χ3n) is 6.42. The van der Waals surface area contributed by atoms with Crippen molar-refractivity contribution in [1.29, 1.82) is 0 Å². The number of aliphatic hydroxyl groups is 1. The number of ether oxygens (including phenoxy) is 2. The molecule has 3 fully saturated rings. The fraction of sp³-hybridized carbons (Fsp3) is 0.571. The van der Waals surface area contributed by atoms with Crippen molar-refractivity contribution in [3.8, 4) is 11.5 Å². The maximum Gasteiger partial charge on any atom is 0.162 e. The molecule has 0 amide bonds. The molecule has 0 spiro atoms. The summed E-state index contributed by atoms with van der Waals surface area (Å²) < 4.78 is 10.8. The number of fused-ring (bicyclic) bond motifs is 4. The van der Waals surface area contributed by atoms with E-state index < -0.39 is 6.10 Å². The lowest BCUT2D eigenvalue weighted by atomic mass is 9.72. The lowest BCUT2D eigenvalue weighted by Gasteiger charge is -2.51. The number of aliphatic hydroxyl groups excluding tert-OH is 1. The summed E-state index contributed by atoms with van der Waals surface area (Å²) in [7, 11) is 3.26. The van der Waals surface area contributed by atoms with Crippen molar-refractivity contribution in [2.24, 2.45) is 11.8 Å². The highest BCUT2D eigenvalue weighted by Crippen LogP contribution is 2.43. The molecule has 5 nitrogen and oxygen atoms in total. The van der Waals surface area contributed by atoms with Gasteiger partial charge in [-0.2, -0.15) is 0 Å². The van der Waals surface area contributed by atoms with Gasteiger partial charge in [0.2, 0.25) is 0 Å². The van der Waals surface area contributed by atoms with Gasteiger partial charge < -0.3 is 14.6 Å². The van der Waals surface area contributed by atoms with Crippen LogP contribution >= 0.6 is 0 Å². The van der Waals surface area contributed by atoms with Crippen LogP contribution in [0.5, 0.6) is 11.5 Å². The van der Waals surface area contributed by atoms with Crippen LogP contribution < -0.4 is 9.47 Å². The second-order valence-electron chi connectivity index (χ2n) is 7.58. The van der Waals surface area contributed by atoms with Crippen molar-refractivity contribution in [3.05, 3.63) is 30.0 Å². The molecule has 140 valence electrons. The van der Waals surface area contributed by atoms with Crippen LogP contribution in [0.3, 0.4) is 0 Å². The second-order valence-corrected chi connectivity index (χ2v) is 7.58. The summed E-state index contributed by atoms with van der Waals surface area (Å²) in [5, 5.41) is 12.2. The maximum atomic E-state index is 11.3. The number of pyridine rings is 1. The molecule has 1 N–H and O–H groups in total. The Kier molecular flexibility index (Phi) is 4.76. The van der Waals surface area contributed by atoms with E-state index >= 15 is 0 Å². The molecule has 4 heterocycles. The highest BCUT2D eigenvalue weighted by atomic mass is 16.5. The van der Waals surface area contributed by atoms with Crippen molar-refractivity contribution in [2.75, 3.05) is 27.3 Å². The van der Waals surface area contributed by atoms with Crippen molar-refractivity contribution in [2.45, 2.75) is 38.3 Å². The largest absolute Gasteiger partial charge is 0.493 e. The molecule has 1 aromatic carbocycles. The van der Waals surface area contributed by atoms with Gasteiger partial charge in [0.25, 0.3) is 0 Å². The molecule has 3 aliphatic heterocycles. The lowest BCUT2D eigenvalue weighted by Crippen LogP contribution is -2.55. The summed E-state index contributed by atoms with van der Waals surface area (Å²) in [5.74, 6) is 2.85. The van der Waals surface area contributed by atoms with Gasteiger partial charge in [0, 0.05) is 30.2 Å². The molecule has 3 aliphatic rings. The van der Waals surface area contributed by atoms with Gasteiger partial charge in [0.05, 0.1) is 25.8 Å². The Morgan fingerprint density at radius 1 is 1.27 bits per heavy atom. The first-order chi connectivity index (χ1) is 12.7. The zero-order chi connectivity index (χ0) is 18.3. The van der Waals surface area contributed by atoms with E-state index in [0.717, 1.165) is 47.8 Å². The van der Waals surface area contributed by atoms with E-state index in [1.54, 1.807) is 20.4 Å². The van der Waals surface area contributed by atoms with Gasteiger partial charge in [-0.05, 0) is 48.9 Å². The molecule has 5 rings (SSSR count).